The Hall–Kier alpha value is -1.80. The van der Waals surface area contributed by atoms with Crippen molar-refractivity contribution >= 4 is 26.7 Å². The van der Waals surface area contributed by atoms with Crippen LogP contribution in [0.5, 0.6) is 0 Å². The molecule has 0 spiro atoms. The summed E-state index contributed by atoms with van der Waals surface area (Å²) in [4.78, 5) is 10.4. The van der Waals surface area contributed by atoms with Crippen molar-refractivity contribution in [1.29, 1.82) is 0 Å². The van der Waals surface area contributed by atoms with E-state index in [0.29, 0.717) is 18.6 Å². The van der Waals surface area contributed by atoms with Gasteiger partial charge in [0.1, 0.15) is 18.0 Å². The first-order valence-corrected chi connectivity index (χ1v) is 8.79. The van der Waals surface area contributed by atoms with Crippen molar-refractivity contribution in [2.24, 2.45) is 0 Å². The Balaban J connectivity index is 1.91. The van der Waals surface area contributed by atoms with Crippen molar-refractivity contribution in [2.45, 2.75) is 12.5 Å². The van der Waals surface area contributed by atoms with Crippen molar-refractivity contribution < 1.29 is 12.8 Å². The number of hydrogen-bond donors (Lipinski definition) is 0. The molecule has 1 unspecified atom stereocenters. The molecule has 2 heterocycles. The van der Waals surface area contributed by atoms with E-state index in [-0.39, 0.29) is 11.9 Å². The normalized spacial score (nSPS) is 19.3. The standard InChI is InChI=1S/C14H17FN4O2S/c1-18(22(2,20)21)11-5-6-19(8-11)14-12-4-3-10(15)7-13(12)16-9-17-14/h3-4,7,9,11H,5-6,8H2,1-2H3. The van der Waals surface area contributed by atoms with Crippen molar-refractivity contribution in [3.8, 4) is 0 Å². The maximum absolute atomic E-state index is 13.3. The molecule has 1 atom stereocenters. The molecule has 2 aromatic rings. The van der Waals surface area contributed by atoms with Gasteiger partial charge in [0.2, 0.25) is 10.0 Å². The SMILES string of the molecule is CN(C1CCN(c2ncnc3cc(F)ccc23)C1)S(C)(=O)=O. The smallest absolute Gasteiger partial charge is 0.211 e. The van der Waals surface area contributed by atoms with Crippen LogP contribution in [0.3, 0.4) is 0 Å². The highest BCUT2D eigenvalue weighted by molar-refractivity contribution is 7.88. The summed E-state index contributed by atoms with van der Waals surface area (Å²) in [5, 5.41) is 0.770. The molecule has 0 N–H and O–H groups in total. The third-order valence-electron chi connectivity index (χ3n) is 4.08. The number of sulfonamides is 1. The number of halogens is 1. The minimum atomic E-state index is -3.22. The Morgan fingerprint density at radius 2 is 2.14 bits per heavy atom. The Labute approximate surface area is 128 Å². The second-order valence-corrected chi connectivity index (χ2v) is 7.57. The highest BCUT2D eigenvalue weighted by Crippen LogP contribution is 2.28. The first-order valence-electron chi connectivity index (χ1n) is 6.94. The summed E-state index contributed by atoms with van der Waals surface area (Å²) in [6.45, 7) is 1.26. The maximum atomic E-state index is 13.3. The highest BCUT2D eigenvalue weighted by Gasteiger charge is 2.31. The van der Waals surface area contributed by atoms with Crippen LogP contribution < -0.4 is 4.90 Å². The molecule has 6 nitrogen and oxygen atoms in total. The zero-order valence-electron chi connectivity index (χ0n) is 12.4. The van der Waals surface area contributed by atoms with Gasteiger partial charge in [-0.1, -0.05) is 0 Å². The lowest BCUT2D eigenvalue weighted by atomic mass is 10.2. The van der Waals surface area contributed by atoms with Crippen LogP contribution in [0, 0.1) is 5.82 Å². The Morgan fingerprint density at radius 3 is 2.86 bits per heavy atom. The summed E-state index contributed by atoms with van der Waals surface area (Å²) in [6, 6.07) is 4.33. The first-order chi connectivity index (χ1) is 10.4. The molecule has 118 valence electrons. The molecule has 0 aliphatic carbocycles. The summed E-state index contributed by atoms with van der Waals surface area (Å²) >= 11 is 0. The lowest BCUT2D eigenvalue weighted by molar-refractivity contribution is 0.393. The van der Waals surface area contributed by atoms with Crippen molar-refractivity contribution in [3.05, 3.63) is 30.3 Å². The van der Waals surface area contributed by atoms with E-state index in [9.17, 15) is 12.8 Å². The van der Waals surface area contributed by atoms with Gasteiger partial charge in [0.25, 0.3) is 0 Å². The largest absolute Gasteiger partial charge is 0.354 e. The maximum Gasteiger partial charge on any atom is 0.211 e. The number of likely N-dealkylation sites (N-methyl/N-ethyl adjacent to an activating group) is 1. The Bertz CT molecular complexity index is 812. The van der Waals surface area contributed by atoms with Gasteiger partial charge in [0.15, 0.2) is 0 Å². The zero-order chi connectivity index (χ0) is 15.9. The van der Waals surface area contributed by atoms with Crippen molar-refractivity contribution in [2.75, 3.05) is 31.3 Å². The minimum Gasteiger partial charge on any atom is -0.354 e. The van der Waals surface area contributed by atoms with Gasteiger partial charge >= 0.3 is 0 Å². The monoisotopic (exact) mass is 324 g/mol. The molecule has 0 radical (unpaired) electrons. The van der Waals surface area contributed by atoms with E-state index in [4.69, 9.17) is 0 Å². The zero-order valence-corrected chi connectivity index (χ0v) is 13.2. The minimum absolute atomic E-state index is 0.0829. The fourth-order valence-corrected chi connectivity index (χ4v) is 3.48. The average molecular weight is 324 g/mol. The quantitative estimate of drug-likeness (QED) is 0.850. The molecule has 3 rings (SSSR count). The molecule has 1 aliphatic rings. The number of rotatable bonds is 3. The molecule has 1 aromatic heterocycles. The number of anilines is 1. The molecule has 0 bridgehead atoms. The third-order valence-corrected chi connectivity index (χ3v) is 5.42. The van der Waals surface area contributed by atoms with E-state index < -0.39 is 10.0 Å². The molecule has 1 fully saturated rings. The van der Waals surface area contributed by atoms with Gasteiger partial charge in [-0.15, -0.1) is 0 Å². The summed E-state index contributed by atoms with van der Waals surface area (Å²) in [7, 11) is -1.62. The summed E-state index contributed by atoms with van der Waals surface area (Å²) in [5.41, 5.74) is 0.546. The van der Waals surface area contributed by atoms with Gasteiger partial charge in [-0.05, 0) is 18.6 Å². The van der Waals surface area contributed by atoms with Gasteiger partial charge in [0.05, 0.1) is 11.8 Å². The number of hydrogen-bond acceptors (Lipinski definition) is 5. The first kappa shape index (κ1) is 15.1. The number of benzene rings is 1. The van der Waals surface area contributed by atoms with Crippen LogP contribution in [-0.4, -0.2) is 55.1 Å². The van der Waals surface area contributed by atoms with E-state index in [1.807, 2.05) is 4.90 Å². The van der Waals surface area contributed by atoms with Gasteiger partial charge in [-0.25, -0.2) is 27.1 Å². The van der Waals surface area contributed by atoms with Crippen molar-refractivity contribution in [3.63, 3.8) is 0 Å². The fourth-order valence-electron chi connectivity index (χ4n) is 2.77. The lowest BCUT2D eigenvalue weighted by Crippen LogP contribution is -2.38. The van der Waals surface area contributed by atoms with Gasteiger partial charge in [-0.3, -0.25) is 0 Å². The highest BCUT2D eigenvalue weighted by atomic mass is 32.2. The average Bonchev–Trinajstić information content (AvgIpc) is 2.93. The van der Waals surface area contributed by atoms with Crippen LogP contribution in [0.4, 0.5) is 10.2 Å². The van der Waals surface area contributed by atoms with E-state index in [2.05, 4.69) is 9.97 Å². The predicted octanol–water partition coefficient (Wildman–Crippen LogP) is 1.24. The number of fused-ring (bicyclic) bond motifs is 1. The van der Waals surface area contributed by atoms with E-state index in [0.717, 1.165) is 17.6 Å². The summed E-state index contributed by atoms with van der Waals surface area (Å²) in [6.07, 6.45) is 3.35. The van der Waals surface area contributed by atoms with Crippen LogP contribution in [0.1, 0.15) is 6.42 Å². The van der Waals surface area contributed by atoms with Crippen LogP contribution in [0.25, 0.3) is 10.9 Å². The summed E-state index contributed by atoms with van der Waals surface area (Å²) in [5.74, 6) is 0.377. The second-order valence-electron chi connectivity index (χ2n) is 5.53. The van der Waals surface area contributed by atoms with Crippen LogP contribution in [0.15, 0.2) is 24.5 Å². The Morgan fingerprint density at radius 1 is 1.36 bits per heavy atom. The van der Waals surface area contributed by atoms with E-state index >= 15 is 0 Å². The van der Waals surface area contributed by atoms with Gasteiger partial charge < -0.3 is 4.90 Å². The molecule has 1 aliphatic heterocycles. The van der Waals surface area contributed by atoms with E-state index in [1.54, 1.807) is 13.1 Å². The second kappa shape index (κ2) is 5.44. The molecular formula is C14H17FN4O2S. The molecule has 22 heavy (non-hydrogen) atoms. The molecule has 0 saturated carbocycles. The van der Waals surface area contributed by atoms with Gasteiger partial charge in [0, 0.05) is 37.6 Å². The van der Waals surface area contributed by atoms with Gasteiger partial charge in [-0.2, -0.15) is 0 Å². The Kier molecular flexibility index (Phi) is 3.73. The molecule has 1 saturated heterocycles. The van der Waals surface area contributed by atoms with Crippen LogP contribution >= 0.6 is 0 Å². The predicted molar refractivity (Wildman–Crippen MR) is 82.7 cm³/mol. The third kappa shape index (κ3) is 2.76. The number of aromatic nitrogens is 2. The molecular weight excluding hydrogens is 307 g/mol. The van der Waals surface area contributed by atoms with E-state index in [1.165, 1.54) is 29.0 Å². The lowest BCUT2D eigenvalue weighted by Gasteiger charge is -2.23. The molecule has 0 amide bonds. The molecule has 1 aromatic carbocycles. The summed E-state index contributed by atoms with van der Waals surface area (Å²) < 4.78 is 38.0. The topological polar surface area (TPSA) is 66.4 Å². The van der Waals surface area contributed by atoms with Crippen molar-refractivity contribution in [1.82, 2.24) is 14.3 Å². The van der Waals surface area contributed by atoms with Crippen LogP contribution in [0.2, 0.25) is 0 Å². The number of nitrogens with zero attached hydrogens (tertiary/aromatic N) is 4. The fraction of sp³-hybridized carbons (Fsp3) is 0.429. The van der Waals surface area contributed by atoms with Crippen LogP contribution in [-0.2, 0) is 10.0 Å². The molecule has 8 heteroatoms.